The van der Waals surface area contributed by atoms with Crippen molar-refractivity contribution in [3.05, 3.63) is 59.9 Å². The number of hydrogen-bond acceptors (Lipinski definition) is 4. The lowest BCUT2D eigenvalue weighted by Gasteiger charge is -2.17. The lowest BCUT2D eigenvalue weighted by molar-refractivity contribution is 0.107. The Morgan fingerprint density at radius 1 is 1.13 bits per heavy atom. The van der Waals surface area contributed by atoms with E-state index in [0.717, 1.165) is 0 Å². The summed E-state index contributed by atoms with van der Waals surface area (Å²) in [6.45, 7) is -0.00564. The molecule has 5 nitrogen and oxygen atoms in total. The lowest BCUT2D eigenvalue weighted by Crippen LogP contribution is -2.29. The van der Waals surface area contributed by atoms with Crippen LogP contribution >= 0.6 is 0 Å². The van der Waals surface area contributed by atoms with Crippen LogP contribution < -0.4 is 9.46 Å². The molecule has 0 spiro atoms. The molecule has 0 heterocycles. The van der Waals surface area contributed by atoms with E-state index >= 15 is 0 Å². The molecule has 0 aliphatic heterocycles. The second-order valence-corrected chi connectivity index (χ2v) is 6.57. The van der Waals surface area contributed by atoms with E-state index in [1.807, 2.05) is 0 Å². The summed E-state index contributed by atoms with van der Waals surface area (Å²) in [7, 11) is -0.742. The van der Waals surface area contributed by atoms with Gasteiger partial charge in [0.15, 0.2) is 0 Å². The van der Waals surface area contributed by atoms with Gasteiger partial charge in [0.05, 0.1) is 18.1 Å². The van der Waals surface area contributed by atoms with E-state index in [2.05, 4.69) is 4.72 Å². The fraction of sp³-hybridized carbons (Fsp3) is 0.250. The van der Waals surface area contributed by atoms with Gasteiger partial charge >= 0.3 is 0 Å². The summed E-state index contributed by atoms with van der Waals surface area (Å²) in [6, 6.07) is 11.9. The first-order valence-electron chi connectivity index (χ1n) is 6.88. The summed E-state index contributed by atoms with van der Waals surface area (Å²) >= 11 is 0. The summed E-state index contributed by atoms with van der Waals surface area (Å²) in [5.41, 5.74) is 0.560. The van der Waals surface area contributed by atoms with Gasteiger partial charge in [-0.05, 0) is 42.0 Å². The molecule has 2 aromatic carbocycles. The molecule has 0 saturated heterocycles. The van der Waals surface area contributed by atoms with Gasteiger partial charge in [0.25, 0.3) is 0 Å². The van der Waals surface area contributed by atoms with Crippen molar-refractivity contribution in [2.75, 3.05) is 20.8 Å². The second-order valence-electron chi connectivity index (χ2n) is 4.81. The van der Waals surface area contributed by atoms with Gasteiger partial charge in [-0.3, -0.25) is 0 Å². The Bertz CT molecular complexity index is 747. The van der Waals surface area contributed by atoms with Crippen LogP contribution in [-0.2, 0) is 14.8 Å². The summed E-state index contributed by atoms with van der Waals surface area (Å²) in [6.07, 6.45) is -0.585. The third-order valence-electron chi connectivity index (χ3n) is 3.33. The van der Waals surface area contributed by atoms with Gasteiger partial charge in [0.1, 0.15) is 11.6 Å². The molecule has 1 unspecified atom stereocenters. The van der Waals surface area contributed by atoms with Gasteiger partial charge in [0, 0.05) is 13.7 Å². The monoisotopic (exact) mass is 339 g/mol. The number of methoxy groups -OCH3 is 2. The number of benzene rings is 2. The molecule has 0 aromatic heterocycles. The maximum Gasteiger partial charge on any atom is 0.240 e. The third-order valence-corrected chi connectivity index (χ3v) is 4.77. The summed E-state index contributed by atoms with van der Waals surface area (Å²) in [5.74, 6) is 0.168. The first-order valence-corrected chi connectivity index (χ1v) is 8.36. The minimum Gasteiger partial charge on any atom is -0.497 e. The first kappa shape index (κ1) is 17.4. The van der Waals surface area contributed by atoms with Crippen LogP contribution in [0.15, 0.2) is 53.4 Å². The fourth-order valence-corrected chi connectivity index (χ4v) is 3.10. The van der Waals surface area contributed by atoms with Crippen molar-refractivity contribution >= 4 is 10.0 Å². The molecule has 2 aromatic rings. The highest BCUT2D eigenvalue weighted by Crippen LogP contribution is 2.19. The van der Waals surface area contributed by atoms with Crippen molar-refractivity contribution in [2.24, 2.45) is 0 Å². The minimum atomic E-state index is -3.69. The van der Waals surface area contributed by atoms with Gasteiger partial charge in [-0.25, -0.2) is 17.5 Å². The van der Waals surface area contributed by atoms with Crippen LogP contribution in [-0.4, -0.2) is 29.2 Å². The molecule has 2 rings (SSSR count). The zero-order chi connectivity index (χ0) is 16.9. The maximum atomic E-state index is 13.3. The molecule has 1 N–H and O–H groups in total. The van der Waals surface area contributed by atoms with Gasteiger partial charge in [-0.15, -0.1) is 0 Å². The van der Waals surface area contributed by atoms with Crippen LogP contribution in [0.25, 0.3) is 0 Å². The second kappa shape index (κ2) is 7.54. The SMILES string of the molecule is COc1ccc(S(=O)(=O)NCC(OC)c2cccc(F)c2)cc1. The van der Waals surface area contributed by atoms with Crippen molar-refractivity contribution in [3.8, 4) is 5.75 Å². The molecule has 0 saturated carbocycles. The third kappa shape index (κ3) is 4.51. The van der Waals surface area contributed by atoms with E-state index in [1.165, 1.54) is 38.5 Å². The molecule has 1 atom stereocenters. The molecule has 0 aliphatic rings. The largest absolute Gasteiger partial charge is 0.497 e. The Hall–Kier alpha value is -1.96. The number of ether oxygens (including phenoxy) is 2. The Balaban J connectivity index is 2.10. The average Bonchev–Trinajstić information content (AvgIpc) is 2.55. The van der Waals surface area contributed by atoms with Crippen LogP contribution in [0.5, 0.6) is 5.75 Å². The molecule has 7 heteroatoms. The van der Waals surface area contributed by atoms with Crippen molar-refractivity contribution in [1.29, 1.82) is 0 Å². The summed E-state index contributed by atoms with van der Waals surface area (Å²) in [5, 5.41) is 0. The van der Waals surface area contributed by atoms with Crippen molar-refractivity contribution in [2.45, 2.75) is 11.0 Å². The molecule has 0 radical (unpaired) electrons. The highest BCUT2D eigenvalue weighted by atomic mass is 32.2. The number of rotatable bonds is 7. The summed E-state index contributed by atoms with van der Waals surface area (Å²) < 4.78 is 50.5. The van der Waals surface area contributed by atoms with E-state index in [-0.39, 0.29) is 11.4 Å². The van der Waals surface area contributed by atoms with Gasteiger partial charge in [-0.2, -0.15) is 0 Å². The van der Waals surface area contributed by atoms with E-state index in [4.69, 9.17) is 9.47 Å². The maximum absolute atomic E-state index is 13.3. The smallest absolute Gasteiger partial charge is 0.240 e. The first-order chi connectivity index (χ1) is 11.0. The number of hydrogen-bond donors (Lipinski definition) is 1. The van der Waals surface area contributed by atoms with Gasteiger partial charge in [-0.1, -0.05) is 12.1 Å². The van der Waals surface area contributed by atoms with Crippen LogP contribution in [0.1, 0.15) is 11.7 Å². The van der Waals surface area contributed by atoms with Crippen LogP contribution in [0.3, 0.4) is 0 Å². The fourth-order valence-electron chi connectivity index (χ4n) is 2.07. The molecule has 124 valence electrons. The molecule has 0 amide bonds. The molecule has 0 aliphatic carbocycles. The van der Waals surface area contributed by atoms with Crippen LogP contribution in [0.4, 0.5) is 4.39 Å². The molecule has 0 fully saturated rings. The van der Waals surface area contributed by atoms with Crippen LogP contribution in [0, 0.1) is 5.82 Å². The standard InChI is InChI=1S/C16H18FNO4S/c1-21-14-6-8-15(9-7-14)23(19,20)18-11-16(22-2)12-4-3-5-13(17)10-12/h3-10,16,18H,11H2,1-2H3. The van der Waals surface area contributed by atoms with Gasteiger partial charge in [0.2, 0.25) is 10.0 Å². The van der Waals surface area contributed by atoms with Crippen molar-refractivity contribution in [3.63, 3.8) is 0 Å². The predicted octanol–water partition coefficient (Wildman–Crippen LogP) is 2.50. The Morgan fingerprint density at radius 2 is 1.83 bits per heavy atom. The normalized spacial score (nSPS) is 12.8. The topological polar surface area (TPSA) is 64.6 Å². The summed E-state index contributed by atoms with van der Waals surface area (Å²) in [4.78, 5) is 0.118. The van der Waals surface area contributed by atoms with Crippen LogP contribution in [0.2, 0.25) is 0 Å². The Morgan fingerprint density at radius 3 is 2.39 bits per heavy atom. The number of halogens is 1. The van der Waals surface area contributed by atoms with Crippen molar-refractivity contribution < 1.29 is 22.3 Å². The van der Waals surface area contributed by atoms with Crippen molar-refractivity contribution in [1.82, 2.24) is 4.72 Å². The predicted molar refractivity (Wildman–Crippen MR) is 84.3 cm³/mol. The highest BCUT2D eigenvalue weighted by Gasteiger charge is 2.18. The zero-order valence-electron chi connectivity index (χ0n) is 12.8. The zero-order valence-corrected chi connectivity index (χ0v) is 13.6. The van der Waals surface area contributed by atoms with E-state index in [1.54, 1.807) is 24.3 Å². The van der Waals surface area contributed by atoms with E-state index < -0.39 is 21.9 Å². The van der Waals surface area contributed by atoms with E-state index in [0.29, 0.717) is 11.3 Å². The molecule has 23 heavy (non-hydrogen) atoms. The minimum absolute atomic E-state index is 0.00564. The number of sulfonamides is 1. The van der Waals surface area contributed by atoms with Gasteiger partial charge < -0.3 is 9.47 Å². The molecular weight excluding hydrogens is 321 g/mol. The Labute approximate surface area is 135 Å². The highest BCUT2D eigenvalue weighted by molar-refractivity contribution is 7.89. The number of nitrogens with one attached hydrogen (secondary N) is 1. The van der Waals surface area contributed by atoms with E-state index in [9.17, 15) is 12.8 Å². The lowest BCUT2D eigenvalue weighted by atomic mass is 10.1. The Kier molecular flexibility index (Phi) is 5.70. The average molecular weight is 339 g/mol. The quantitative estimate of drug-likeness (QED) is 0.842. The molecular formula is C16H18FNO4S. The molecule has 0 bridgehead atoms.